The molecule has 0 heterocycles. The van der Waals surface area contributed by atoms with Gasteiger partial charge >= 0.3 is 5.69 Å². The summed E-state index contributed by atoms with van der Waals surface area (Å²) in [5.74, 6) is 0.796. The van der Waals surface area contributed by atoms with Crippen molar-refractivity contribution < 1.29 is 28.7 Å². The summed E-state index contributed by atoms with van der Waals surface area (Å²) in [5.41, 5.74) is 0.146. The number of carbonyl (C=O) groups excluding carboxylic acids is 1. The van der Waals surface area contributed by atoms with Crippen molar-refractivity contribution in [2.75, 3.05) is 26.6 Å². The van der Waals surface area contributed by atoms with Crippen LogP contribution in [0.1, 0.15) is 6.92 Å². The zero-order chi connectivity index (χ0) is 20.0. The van der Waals surface area contributed by atoms with E-state index in [2.05, 4.69) is 5.32 Å². The van der Waals surface area contributed by atoms with E-state index in [1.54, 1.807) is 18.2 Å². The molecule has 0 aliphatic rings. The van der Waals surface area contributed by atoms with E-state index in [1.165, 1.54) is 46.5 Å². The summed E-state index contributed by atoms with van der Waals surface area (Å²) in [6.45, 7) is 1.49. The molecule has 1 N–H and O–H groups in total. The van der Waals surface area contributed by atoms with Gasteiger partial charge in [-0.15, -0.1) is 0 Å². The number of rotatable bonds is 8. The average molecular weight is 376 g/mol. The second-order valence-corrected chi connectivity index (χ2v) is 5.44. The number of ether oxygens (including phenoxy) is 4. The standard InChI is InChI=1S/C18H20N2O7/c1-11(27-17-6-5-13(24-2)10-16(17)20(22)23)18(21)19-12-7-14(25-3)9-15(8-12)26-4/h5-11H,1-4H3,(H,19,21). The van der Waals surface area contributed by atoms with Gasteiger partial charge in [-0.2, -0.15) is 0 Å². The maximum absolute atomic E-state index is 12.4. The van der Waals surface area contributed by atoms with Gasteiger partial charge < -0.3 is 24.3 Å². The maximum Gasteiger partial charge on any atom is 0.314 e. The zero-order valence-corrected chi connectivity index (χ0v) is 15.3. The van der Waals surface area contributed by atoms with Crippen LogP contribution < -0.4 is 24.3 Å². The summed E-state index contributed by atoms with van der Waals surface area (Å²) in [4.78, 5) is 23.0. The third-order valence-corrected chi connectivity index (χ3v) is 3.65. The Morgan fingerprint density at radius 1 is 1.00 bits per heavy atom. The zero-order valence-electron chi connectivity index (χ0n) is 15.3. The minimum absolute atomic E-state index is 0.0355. The molecule has 9 nitrogen and oxygen atoms in total. The first-order chi connectivity index (χ1) is 12.9. The van der Waals surface area contributed by atoms with E-state index < -0.39 is 16.9 Å². The Balaban J connectivity index is 2.16. The number of nitrogens with one attached hydrogen (secondary N) is 1. The third kappa shape index (κ3) is 5.00. The fraction of sp³-hybridized carbons (Fsp3) is 0.278. The number of nitro groups is 1. The highest BCUT2D eigenvalue weighted by atomic mass is 16.6. The van der Waals surface area contributed by atoms with Gasteiger partial charge in [0.15, 0.2) is 11.9 Å². The summed E-state index contributed by atoms with van der Waals surface area (Å²) in [5, 5.41) is 13.9. The van der Waals surface area contributed by atoms with E-state index in [4.69, 9.17) is 18.9 Å². The normalized spacial score (nSPS) is 11.3. The van der Waals surface area contributed by atoms with Gasteiger partial charge in [0.1, 0.15) is 17.2 Å². The van der Waals surface area contributed by atoms with Gasteiger partial charge in [0, 0.05) is 23.9 Å². The van der Waals surface area contributed by atoms with Gasteiger partial charge in [-0.05, 0) is 19.1 Å². The van der Waals surface area contributed by atoms with Gasteiger partial charge in [-0.1, -0.05) is 0 Å². The SMILES string of the molecule is COc1cc(NC(=O)C(C)Oc2ccc(OC)cc2[N+](=O)[O-])cc(OC)c1. The number of amides is 1. The molecule has 1 unspecified atom stereocenters. The molecule has 0 aromatic heterocycles. The predicted octanol–water partition coefficient (Wildman–Crippen LogP) is 3.03. The van der Waals surface area contributed by atoms with E-state index >= 15 is 0 Å². The molecule has 1 atom stereocenters. The second kappa shape index (κ2) is 8.75. The number of benzene rings is 2. The summed E-state index contributed by atoms with van der Waals surface area (Å²) in [7, 11) is 4.39. The molecule has 9 heteroatoms. The van der Waals surface area contributed by atoms with Crippen molar-refractivity contribution in [1.82, 2.24) is 0 Å². The molecule has 0 aliphatic heterocycles. The molecular weight excluding hydrogens is 356 g/mol. The Hall–Kier alpha value is -3.49. The van der Waals surface area contributed by atoms with Crippen molar-refractivity contribution in [2.24, 2.45) is 0 Å². The van der Waals surface area contributed by atoms with E-state index in [0.717, 1.165) is 0 Å². The molecule has 144 valence electrons. The first kappa shape index (κ1) is 19.8. The monoisotopic (exact) mass is 376 g/mol. The molecule has 1 amide bonds. The lowest BCUT2D eigenvalue weighted by Gasteiger charge is -2.16. The van der Waals surface area contributed by atoms with Crippen molar-refractivity contribution in [1.29, 1.82) is 0 Å². The van der Waals surface area contributed by atoms with E-state index in [0.29, 0.717) is 22.9 Å². The maximum atomic E-state index is 12.4. The van der Waals surface area contributed by atoms with Crippen molar-refractivity contribution in [2.45, 2.75) is 13.0 Å². The first-order valence-electron chi connectivity index (χ1n) is 7.91. The Morgan fingerprint density at radius 2 is 1.59 bits per heavy atom. The molecular formula is C18H20N2O7. The Kier molecular flexibility index (Phi) is 6.42. The molecule has 0 spiro atoms. The molecule has 0 fully saturated rings. The van der Waals surface area contributed by atoms with Gasteiger partial charge in [0.05, 0.1) is 32.3 Å². The van der Waals surface area contributed by atoms with E-state index in [9.17, 15) is 14.9 Å². The minimum atomic E-state index is -0.991. The van der Waals surface area contributed by atoms with Crippen LogP contribution in [0.2, 0.25) is 0 Å². The summed E-state index contributed by atoms with van der Waals surface area (Å²) in [6.07, 6.45) is -0.991. The van der Waals surface area contributed by atoms with Crippen molar-refractivity contribution in [3.63, 3.8) is 0 Å². The molecule has 0 bridgehead atoms. The highest BCUT2D eigenvalue weighted by Crippen LogP contribution is 2.32. The Morgan fingerprint density at radius 3 is 2.11 bits per heavy atom. The highest BCUT2D eigenvalue weighted by molar-refractivity contribution is 5.94. The molecule has 0 radical (unpaired) electrons. The fourth-order valence-corrected chi connectivity index (χ4v) is 2.23. The molecule has 0 aliphatic carbocycles. The summed E-state index contributed by atoms with van der Waals surface area (Å²) < 4.78 is 20.8. The first-order valence-corrected chi connectivity index (χ1v) is 7.91. The molecule has 27 heavy (non-hydrogen) atoms. The van der Waals surface area contributed by atoms with Gasteiger partial charge in [-0.25, -0.2) is 0 Å². The minimum Gasteiger partial charge on any atom is -0.497 e. The van der Waals surface area contributed by atoms with Crippen LogP contribution in [0.4, 0.5) is 11.4 Å². The fourth-order valence-electron chi connectivity index (χ4n) is 2.23. The molecule has 2 aromatic rings. The third-order valence-electron chi connectivity index (χ3n) is 3.65. The lowest BCUT2D eigenvalue weighted by Crippen LogP contribution is -2.30. The summed E-state index contributed by atoms with van der Waals surface area (Å²) in [6, 6.07) is 9.02. The van der Waals surface area contributed by atoms with Crippen LogP contribution in [-0.2, 0) is 4.79 Å². The van der Waals surface area contributed by atoms with Crippen LogP contribution in [0, 0.1) is 10.1 Å². The van der Waals surface area contributed by atoms with Crippen molar-refractivity contribution in [3.8, 4) is 23.0 Å². The number of hydrogen-bond acceptors (Lipinski definition) is 7. The molecule has 0 saturated carbocycles. The van der Waals surface area contributed by atoms with E-state index in [-0.39, 0.29) is 11.4 Å². The van der Waals surface area contributed by atoms with Gasteiger partial charge in [0.25, 0.3) is 5.91 Å². The number of methoxy groups -OCH3 is 3. The van der Waals surface area contributed by atoms with E-state index in [1.807, 2.05) is 0 Å². The van der Waals surface area contributed by atoms with Crippen LogP contribution in [-0.4, -0.2) is 38.3 Å². The number of carbonyl (C=O) groups is 1. The van der Waals surface area contributed by atoms with Crippen LogP contribution in [0.3, 0.4) is 0 Å². The van der Waals surface area contributed by atoms with Crippen molar-refractivity contribution >= 4 is 17.3 Å². The quantitative estimate of drug-likeness (QED) is 0.557. The number of nitrogens with zero attached hydrogens (tertiary/aromatic N) is 1. The Labute approximate surface area is 155 Å². The van der Waals surface area contributed by atoms with Gasteiger partial charge in [0.2, 0.25) is 0 Å². The average Bonchev–Trinajstić information content (AvgIpc) is 2.67. The van der Waals surface area contributed by atoms with Crippen LogP contribution >= 0.6 is 0 Å². The number of hydrogen-bond donors (Lipinski definition) is 1. The largest absolute Gasteiger partial charge is 0.497 e. The molecule has 2 aromatic carbocycles. The van der Waals surface area contributed by atoms with Crippen LogP contribution in [0.25, 0.3) is 0 Å². The number of anilines is 1. The highest BCUT2D eigenvalue weighted by Gasteiger charge is 2.22. The lowest BCUT2D eigenvalue weighted by molar-refractivity contribution is -0.386. The topological polar surface area (TPSA) is 109 Å². The second-order valence-electron chi connectivity index (χ2n) is 5.44. The lowest BCUT2D eigenvalue weighted by atomic mass is 10.2. The van der Waals surface area contributed by atoms with Gasteiger partial charge in [-0.3, -0.25) is 14.9 Å². The van der Waals surface area contributed by atoms with Crippen LogP contribution in [0.5, 0.6) is 23.0 Å². The van der Waals surface area contributed by atoms with Crippen LogP contribution in [0.15, 0.2) is 36.4 Å². The Bertz CT molecular complexity index is 816. The summed E-state index contributed by atoms with van der Waals surface area (Å²) >= 11 is 0. The predicted molar refractivity (Wildman–Crippen MR) is 97.9 cm³/mol. The molecule has 2 rings (SSSR count). The smallest absolute Gasteiger partial charge is 0.314 e. The van der Waals surface area contributed by atoms with Crippen molar-refractivity contribution in [3.05, 3.63) is 46.5 Å². The number of nitro benzene ring substituents is 1. The molecule has 0 saturated heterocycles.